The van der Waals surface area contributed by atoms with E-state index < -0.39 is 12.7 Å². The van der Waals surface area contributed by atoms with Crippen molar-refractivity contribution in [2.24, 2.45) is 0 Å². The molecule has 5 nitrogen and oxygen atoms in total. The monoisotopic (exact) mass is 311 g/mol. The lowest BCUT2D eigenvalue weighted by Gasteiger charge is -2.34. The van der Waals surface area contributed by atoms with Crippen molar-refractivity contribution in [2.45, 2.75) is 31.5 Å². The number of nitrogens with zero attached hydrogens (tertiary/aromatic N) is 1. The van der Waals surface area contributed by atoms with Gasteiger partial charge in [0.05, 0.1) is 13.1 Å². The zero-order valence-electron chi connectivity index (χ0n) is 12.3. The molecule has 21 heavy (non-hydrogen) atoms. The minimum absolute atomic E-state index is 0.197. The number of methoxy groups -OCH3 is 1. The Morgan fingerprint density at radius 1 is 1.38 bits per heavy atom. The van der Waals surface area contributed by atoms with E-state index in [0.717, 1.165) is 0 Å². The summed E-state index contributed by atoms with van der Waals surface area (Å²) in [5, 5.41) is 5.74. The van der Waals surface area contributed by atoms with Crippen LogP contribution in [0.4, 0.5) is 13.2 Å². The standard InChI is InChI=1S/C13H24F3N3O2/c1-21-8-2-5-18-12(20)9-19(10-13(14,15)16)11-3-6-17-7-4-11/h11,17H,2-10H2,1H3,(H,18,20). The van der Waals surface area contributed by atoms with Gasteiger partial charge in [-0.2, -0.15) is 13.2 Å². The van der Waals surface area contributed by atoms with Crippen molar-refractivity contribution in [1.29, 1.82) is 0 Å². The van der Waals surface area contributed by atoms with Crippen LogP contribution < -0.4 is 10.6 Å². The Morgan fingerprint density at radius 3 is 2.62 bits per heavy atom. The number of piperidine rings is 1. The Balaban J connectivity index is 2.45. The van der Waals surface area contributed by atoms with Crippen molar-refractivity contribution in [1.82, 2.24) is 15.5 Å². The lowest BCUT2D eigenvalue weighted by atomic mass is 10.0. The molecule has 0 radical (unpaired) electrons. The molecule has 1 aliphatic heterocycles. The predicted octanol–water partition coefficient (Wildman–Crippen LogP) is 0.755. The molecule has 2 N–H and O–H groups in total. The smallest absolute Gasteiger partial charge is 0.385 e. The largest absolute Gasteiger partial charge is 0.401 e. The Hall–Kier alpha value is -0.860. The van der Waals surface area contributed by atoms with E-state index in [1.165, 1.54) is 4.90 Å². The fraction of sp³-hybridized carbons (Fsp3) is 0.923. The molecule has 1 saturated heterocycles. The fourth-order valence-electron chi connectivity index (χ4n) is 2.40. The van der Waals surface area contributed by atoms with Gasteiger partial charge in [0.2, 0.25) is 5.91 Å². The number of rotatable bonds is 8. The highest BCUT2D eigenvalue weighted by molar-refractivity contribution is 5.78. The lowest BCUT2D eigenvalue weighted by molar-refractivity contribution is -0.154. The third-order valence-electron chi connectivity index (χ3n) is 3.40. The molecule has 124 valence electrons. The van der Waals surface area contributed by atoms with Gasteiger partial charge in [0.1, 0.15) is 0 Å². The number of carbonyl (C=O) groups is 1. The van der Waals surface area contributed by atoms with Gasteiger partial charge in [0.25, 0.3) is 0 Å². The minimum Gasteiger partial charge on any atom is -0.385 e. The van der Waals surface area contributed by atoms with Gasteiger partial charge in [-0.3, -0.25) is 9.69 Å². The quantitative estimate of drug-likeness (QED) is 0.650. The first-order chi connectivity index (χ1) is 9.92. The van der Waals surface area contributed by atoms with Crippen LogP contribution in [0.1, 0.15) is 19.3 Å². The number of amides is 1. The van der Waals surface area contributed by atoms with Gasteiger partial charge >= 0.3 is 6.18 Å². The number of nitrogens with one attached hydrogen (secondary N) is 2. The Morgan fingerprint density at radius 2 is 2.05 bits per heavy atom. The van der Waals surface area contributed by atoms with Crippen LogP contribution in [0.2, 0.25) is 0 Å². The van der Waals surface area contributed by atoms with Gasteiger partial charge in [0, 0.05) is 26.3 Å². The highest BCUT2D eigenvalue weighted by Crippen LogP contribution is 2.20. The van der Waals surface area contributed by atoms with Crippen molar-refractivity contribution in [3.8, 4) is 0 Å². The number of alkyl halides is 3. The highest BCUT2D eigenvalue weighted by Gasteiger charge is 2.35. The molecule has 0 atom stereocenters. The summed E-state index contributed by atoms with van der Waals surface area (Å²) in [5.41, 5.74) is 0. The highest BCUT2D eigenvalue weighted by atomic mass is 19.4. The average Bonchev–Trinajstić information content (AvgIpc) is 2.42. The van der Waals surface area contributed by atoms with E-state index in [2.05, 4.69) is 10.6 Å². The van der Waals surface area contributed by atoms with E-state index in [9.17, 15) is 18.0 Å². The molecule has 1 rings (SSSR count). The molecule has 0 aliphatic carbocycles. The SMILES string of the molecule is COCCCNC(=O)CN(CC(F)(F)F)C1CCNCC1. The molecule has 0 bridgehead atoms. The van der Waals surface area contributed by atoms with E-state index in [1.54, 1.807) is 7.11 Å². The maximum absolute atomic E-state index is 12.7. The fourth-order valence-corrected chi connectivity index (χ4v) is 2.40. The second kappa shape index (κ2) is 9.22. The Labute approximate surface area is 123 Å². The number of carbonyl (C=O) groups excluding carboxylic acids is 1. The molecular weight excluding hydrogens is 287 g/mol. The Bertz CT molecular complexity index is 308. The van der Waals surface area contributed by atoms with Gasteiger partial charge < -0.3 is 15.4 Å². The van der Waals surface area contributed by atoms with Crippen LogP contribution >= 0.6 is 0 Å². The van der Waals surface area contributed by atoms with Crippen LogP contribution in [0.3, 0.4) is 0 Å². The third kappa shape index (κ3) is 8.23. The van der Waals surface area contributed by atoms with E-state index in [1.807, 2.05) is 0 Å². The van der Waals surface area contributed by atoms with Gasteiger partial charge in [0.15, 0.2) is 0 Å². The maximum atomic E-state index is 12.7. The first-order valence-electron chi connectivity index (χ1n) is 7.19. The molecule has 0 unspecified atom stereocenters. The molecule has 0 spiro atoms. The molecule has 1 heterocycles. The summed E-state index contributed by atoms with van der Waals surface area (Å²) >= 11 is 0. The first kappa shape index (κ1) is 18.2. The molecule has 0 saturated carbocycles. The normalized spacial score (nSPS) is 17.2. The van der Waals surface area contributed by atoms with Crippen molar-refractivity contribution >= 4 is 5.91 Å². The van der Waals surface area contributed by atoms with Crippen LogP contribution in [-0.4, -0.2) is 69.5 Å². The van der Waals surface area contributed by atoms with Gasteiger partial charge in [-0.1, -0.05) is 0 Å². The summed E-state index contributed by atoms with van der Waals surface area (Å²) in [6, 6.07) is -0.197. The molecule has 1 amide bonds. The van der Waals surface area contributed by atoms with E-state index >= 15 is 0 Å². The van der Waals surface area contributed by atoms with E-state index in [-0.39, 0.29) is 18.5 Å². The van der Waals surface area contributed by atoms with Gasteiger partial charge in [-0.15, -0.1) is 0 Å². The minimum atomic E-state index is -4.29. The molecule has 8 heteroatoms. The van der Waals surface area contributed by atoms with Crippen LogP contribution in [-0.2, 0) is 9.53 Å². The van der Waals surface area contributed by atoms with E-state index in [4.69, 9.17) is 4.74 Å². The second-order valence-electron chi connectivity index (χ2n) is 5.20. The first-order valence-corrected chi connectivity index (χ1v) is 7.19. The lowest BCUT2D eigenvalue weighted by Crippen LogP contribution is -2.50. The molecule has 0 aromatic heterocycles. The number of hydrogen-bond acceptors (Lipinski definition) is 4. The second-order valence-corrected chi connectivity index (χ2v) is 5.20. The zero-order valence-corrected chi connectivity index (χ0v) is 12.3. The predicted molar refractivity (Wildman–Crippen MR) is 73.0 cm³/mol. The van der Waals surface area contributed by atoms with Crippen molar-refractivity contribution < 1.29 is 22.7 Å². The van der Waals surface area contributed by atoms with Gasteiger partial charge in [-0.05, 0) is 32.4 Å². The summed E-state index contributed by atoms with van der Waals surface area (Å²) < 4.78 is 42.8. The average molecular weight is 311 g/mol. The summed E-state index contributed by atoms with van der Waals surface area (Å²) in [4.78, 5) is 13.0. The number of hydrogen-bond donors (Lipinski definition) is 2. The number of ether oxygens (including phenoxy) is 1. The summed E-state index contributed by atoms with van der Waals surface area (Å²) in [7, 11) is 1.56. The summed E-state index contributed by atoms with van der Waals surface area (Å²) in [6.07, 6.45) is -2.38. The molecular formula is C13H24F3N3O2. The van der Waals surface area contributed by atoms with Crippen molar-refractivity contribution in [3.63, 3.8) is 0 Å². The van der Waals surface area contributed by atoms with Crippen LogP contribution in [0.25, 0.3) is 0 Å². The van der Waals surface area contributed by atoms with E-state index in [0.29, 0.717) is 45.5 Å². The summed E-state index contributed by atoms with van der Waals surface area (Å²) in [5.74, 6) is -0.367. The van der Waals surface area contributed by atoms with Crippen LogP contribution in [0.15, 0.2) is 0 Å². The van der Waals surface area contributed by atoms with Crippen LogP contribution in [0, 0.1) is 0 Å². The van der Waals surface area contributed by atoms with Crippen molar-refractivity contribution in [2.75, 3.05) is 46.4 Å². The molecule has 0 aromatic rings. The maximum Gasteiger partial charge on any atom is 0.401 e. The topological polar surface area (TPSA) is 53.6 Å². The van der Waals surface area contributed by atoms with Crippen LogP contribution in [0.5, 0.6) is 0 Å². The Kier molecular flexibility index (Phi) is 7.98. The van der Waals surface area contributed by atoms with Crippen molar-refractivity contribution in [3.05, 3.63) is 0 Å². The summed E-state index contributed by atoms with van der Waals surface area (Å²) in [6.45, 7) is 1.06. The van der Waals surface area contributed by atoms with Gasteiger partial charge in [-0.25, -0.2) is 0 Å². The molecule has 0 aromatic carbocycles. The molecule has 1 aliphatic rings. The molecule has 1 fully saturated rings. The third-order valence-corrected chi connectivity index (χ3v) is 3.40. The zero-order chi connectivity index (χ0) is 15.7. The number of halogens is 3.